The molecule has 0 unspecified atom stereocenters. The molecule has 1 aromatic rings. The number of aryl methyl sites for hydroxylation is 2. The summed E-state index contributed by atoms with van der Waals surface area (Å²) in [6.45, 7) is 6.06. The second kappa shape index (κ2) is 2.91. The molecule has 0 aliphatic carbocycles. The second-order valence-corrected chi connectivity index (χ2v) is 4.61. The smallest absolute Gasteiger partial charge is 0.127 e. The predicted molar refractivity (Wildman–Crippen MR) is 55.9 cm³/mol. The molecule has 2 rings (SSSR count). The lowest BCUT2D eigenvalue weighted by atomic mass is 9.93. The first kappa shape index (κ1) is 9.38. The molecule has 76 valence electrons. The lowest BCUT2D eigenvalue weighted by molar-refractivity contribution is 0.0843. The number of fused-ring (bicyclic) bond motifs is 1. The Hall–Kier alpha value is -1.18. The maximum atomic E-state index is 9.57. The van der Waals surface area contributed by atoms with Crippen molar-refractivity contribution in [1.82, 2.24) is 0 Å². The van der Waals surface area contributed by atoms with Crippen molar-refractivity contribution in [3.8, 4) is 11.5 Å². The number of aromatic hydroxyl groups is 1. The van der Waals surface area contributed by atoms with Gasteiger partial charge in [0.15, 0.2) is 0 Å². The molecule has 1 N–H and O–H groups in total. The van der Waals surface area contributed by atoms with Gasteiger partial charge in [0.25, 0.3) is 0 Å². The highest BCUT2D eigenvalue weighted by Gasteiger charge is 2.26. The summed E-state index contributed by atoms with van der Waals surface area (Å²) < 4.78 is 5.80. The zero-order valence-corrected chi connectivity index (χ0v) is 8.92. The highest BCUT2D eigenvalue weighted by atomic mass is 16.5. The Bertz CT molecular complexity index is 367. The van der Waals surface area contributed by atoms with Crippen LogP contribution in [0.4, 0.5) is 0 Å². The summed E-state index contributed by atoms with van der Waals surface area (Å²) in [6, 6.07) is 3.74. The quantitative estimate of drug-likeness (QED) is 0.685. The molecule has 1 heterocycles. The second-order valence-electron chi connectivity index (χ2n) is 4.61. The lowest BCUT2D eigenvalue weighted by Gasteiger charge is -2.32. The molecular formula is C12H16O2. The van der Waals surface area contributed by atoms with Gasteiger partial charge < -0.3 is 9.84 Å². The molecule has 0 amide bonds. The van der Waals surface area contributed by atoms with Crippen molar-refractivity contribution in [3.63, 3.8) is 0 Å². The van der Waals surface area contributed by atoms with E-state index in [9.17, 15) is 5.11 Å². The standard InChI is InChI=1S/C12H16O2/c1-8-6-9-4-5-12(2,3)14-11(9)7-10(8)13/h6-7,13H,4-5H2,1-3H3. The van der Waals surface area contributed by atoms with Gasteiger partial charge in [-0.15, -0.1) is 0 Å². The highest BCUT2D eigenvalue weighted by Crippen LogP contribution is 2.36. The van der Waals surface area contributed by atoms with Gasteiger partial charge in [-0.25, -0.2) is 0 Å². The Balaban J connectivity index is 2.43. The van der Waals surface area contributed by atoms with Crippen LogP contribution in [0.25, 0.3) is 0 Å². The Morgan fingerprint density at radius 3 is 2.79 bits per heavy atom. The van der Waals surface area contributed by atoms with Crippen molar-refractivity contribution in [2.45, 2.75) is 39.2 Å². The SMILES string of the molecule is Cc1cc2c(cc1O)OC(C)(C)CC2. The number of benzene rings is 1. The topological polar surface area (TPSA) is 29.5 Å². The fourth-order valence-corrected chi connectivity index (χ4v) is 1.81. The van der Waals surface area contributed by atoms with Crippen LogP contribution in [-0.4, -0.2) is 10.7 Å². The van der Waals surface area contributed by atoms with E-state index < -0.39 is 0 Å². The molecular weight excluding hydrogens is 176 g/mol. The van der Waals surface area contributed by atoms with Gasteiger partial charge in [0.05, 0.1) is 0 Å². The molecule has 0 radical (unpaired) electrons. The average Bonchev–Trinajstić information content (AvgIpc) is 2.07. The Labute approximate surface area is 84.5 Å². The van der Waals surface area contributed by atoms with Gasteiger partial charge in [-0.05, 0) is 50.8 Å². The van der Waals surface area contributed by atoms with Crippen molar-refractivity contribution in [1.29, 1.82) is 0 Å². The van der Waals surface area contributed by atoms with Crippen molar-refractivity contribution in [2.75, 3.05) is 0 Å². The summed E-state index contributed by atoms with van der Waals surface area (Å²) in [6.07, 6.45) is 2.06. The monoisotopic (exact) mass is 192 g/mol. The van der Waals surface area contributed by atoms with Gasteiger partial charge in [-0.3, -0.25) is 0 Å². The molecule has 2 nitrogen and oxygen atoms in total. The number of hydrogen-bond acceptors (Lipinski definition) is 2. The third-order valence-electron chi connectivity index (χ3n) is 2.76. The molecule has 1 aromatic carbocycles. The zero-order valence-electron chi connectivity index (χ0n) is 8.92. The highest BCUT2D eigenvalue weighted by molar-refractivity contribution is 5.46. The third-order valence-corrected chi connectivity index (χ3v) is 2.76. The van der Waals surface area contributed by atoms with E-state index in [4.69, 9.17) is 4.74 Å². The van der Waals surface area contributed by atoms with Gasteiger partial charge in [-0.2, -0.15) is 0 Å². The van der Waals surface area contributed by atoms with Crippen LogP contribution in [0.3, 0.4) is 0 Å². The number of rotatable bonds is 0. The van der Waals surface area contributed by atoms with E-state index in [2.05, 4.69) is 13.8 Å². The summed E-state index contributed by atoms with van der Waals surface area (Å²) >= 11 is 0. The van der Waals surface area contributed by atoms with E-state index in [1.807, 2.05) is 13.0 Å². The van der Waals surface area contributed by atoms with Crippen molar-refractivity contribution < 1.29 is 9.84 Å². The molecule has 14 heavy (non-hydrogen) atoms. The van der Waals surface area contributed by atoms with Crippen LogP contribution in [0.1, 0.15) is 31.4 Å². The normalized spacial score (nSPS) is 18.5. The maximum Gasteiger partial charge on any atom is 0.127 e. The summed E-state index contributed by atoms with van der Waals surface area (Å²) in [4.78, 5) is 0. The van der Waals surface area contributed by atoms with Crippen LogP contribution < -0.4 is 4.74 Å². The molecule has 0 fully saturated rings. The van der Waals surface area contributed by atoms with Gasteiger partial charge in [0.2, 0.25) is 0 Å². The van der Waals surface area contributed by atoms with Crippen LogP contribution in [0.2, 0.25) is 0 Å². The van der Waals surface area contributed by atoms with Crippen LogP contribution in [0, 0.1) is 6.92 Å². The van der Waals surface area contributed by atoms with Crippen LogP contribution in [0.15, 0.2) is 12.1 Å². The molecule has 2 heteroatoms. The first-order valence-corrected chi connectivity index (χ1v) is 4.99. The van der Waals surface area contributed by atoms with E-state index >= 15 is 0 Å². The van der Waals surface area contributed by atoms with E-state index in [1.165, 1.54) is 5.56 Å². The van der Waals surface area contributed by atoms with Gasteiger partial charge >= 0.3 is 0 Å². The molecule has 0 spiro atoms. The summed E-state index contributed by atoms with van der Waals surface area (Å²) in [5.74, 6) is 1.16. The summed E-state index contributed by atoms with van der Waals surface area (Å²) in [7, 11) is 0. The first-order valence-electron chi connectivity index (χ1n) is 4.99. The van der Waals surface area contributed by atoms with E-state index in [0.29, 0.717) is 5.75 Å². The van der Waals surface area contributed by atoms with Crippen molar-refractivity contribution in [2.24, 2.45) is 0 Å². The average molecular weight is 192 g/mol. The minimum absolute atomic E-state index is 0.102. The molecule has 0 saturated heterocycles. The Kier molecular flexibility index (Phi) is 1.95. The predicted octanol–water partition coefficient (Wildman–Crippen LogP) is 2.80. The molecule has 0 saturated carbocycles. The van der Waals surface area contributed by atoms with Gasteiger partial charge in [0.1, 0.15) is 17.1 Å². The van der Waals surface area contributed by atoms with Gasteiger partial charge in [-0.1, -0.05) is 0 Å². The number of hydrogen-bond donors (Lipinski definition) is 1. The molecule has 0 aromatic heterocycles. The van der Waals surface area contributed by atoms with Crippen molar-refractivity contribution in [3.05, 3.63) is 23.3 Å². The van der Waals surface area contributed by atoms with Gasteiger partial charge in [0, 0.05) is 6.07 Å². The largest absolute Gasteiger partial charge is 0.508 e. The lowest BCUT2D eigenvalue weighted by Crippen LogP contribution is -2.32. The Morgan fingerprint density at radius 2 is 2.07 bits per heavy atom. The van der Waals surface area contributed by atoms with Crippen LogP contribution in [0.5, 0.6) is 11.5 Å². The Morgan fingerprint density at radius 1 is 1.36 bits per heavy atom. The maximum absolute atomic E-state index is 9.57. The molecule has 1 aliphatic rings. The molecule has 0 atom stereocenters. The number of ether oxygens (including phenoxy) is 1. The van der Waals surface area contributed by atoms with E-state index in [0.717, 1.165) is 24.2 Å². The van der Waals surface area contributed by atoms with E-state index in [1.54, 1.807) is 6.07 Å². The summed E-state index contributed by atoms with van der Waals surface area (Å²) in [5.41, 5.74) is 2.03. The fourth-order valence-electron chi connectivity index (χ4n) is 1.81. The van der Waals surface area contributed by atoms with Crippen LogP contribution in [-0.2, 0) is 6.42 Å². The summed E-state index contributed by atoms with van der Waals surface area (Å²) in [5, 5.41) is 9.57. The van der Waals surface area contributed by atoms with E-state index in [-0.39, 0.29) is 5.60 Å². The minimum atomic E-state index is -0.102. The minimum Gasteiger partial charge on any atom is -0.508 e. The molecule has 0 bridgehead atoms. The van der Waals surface area contributed by atoms with Crippen molar-refractivity contribution >= 4 is 0 Å². The fraction of sp³-hybridized carbons (Fsp3) is 0.500. The van der Waals surface area contributed by atoms with Crippen LogP contribution >= 0.6 is 0 Å². The number of phenols is 1. The zero-order chi connectivity index (χ0) is 10.3. The first-order chi connectivity index (χ1) is 6.48. The third kappa shape index (κ3) is 1.57. The number of phenolic OH excluding ortho intramolecular Hbond substituents is 1. The molecule has 1 aliphatic heterocycles.